The van der Waals surface area contributed by atoms with Crippen LogP contribution < -0.4 is 5.32 Å². The van der Waals surface area contributed by atoms with Crippen molar-refractivity contribution in [3.63, 3.8) is 0 Å². The standard InChI is InChI=1S/C13H26N2OS/c1-3-4-13(5-8-14-11-16)17-15-9-6-12(2)7-10-15/h11-13H,3-10H2,1-2H3,(H,14,16). The first-order valence-corrected chi connectivity index (χ1v) is 7.68. The maximum Gasteiger partial charge on any atom is 0.207 e. The monoisotopic (exact) mass is 258 g/mol. The van der Waals surface area contributed by atoms with E-state index in [1.807, 2.05) is 11.9 Å². The summed E-state index contributed by atoms with van der Waals surface area (Å²) in [7, 11) is 0. The normalized spacial score (nSPS) is 20.1. The second kappa shape index (κ2) is 8.81. The molecule has 100 valence electrons. The van der Waals surface area contributed by atoms with Crippen LogP contribution in [0.5, 0.6) is 0 Å². The molecule has 1 fully saturated rings. The molecular weight excluding hydrogens is 232 g/mol. The van der Waals surface area contributed by atoms with Gasteiger partial charge in [0.15, 0.2) is 0 Å². The summed E-state index contributed by atoms with van der Waals surface area (Å²) in [5.74, 6) is 0.896. The Balaban J connectivity index is 2.24. The Morgan fingerprint density at radius 3 is 2.71 bits per heavy atom. The molecule has 1 atom stereocenters. The Bertz CT molecular complexity index is 206. The highest BCUT2D eigenvalue weighted by Crippen LogP contribution is 2.28. The third-order valence-corrected chi connectivity index (χ3v) is 4.78. The molecule has 1 aliphatic rings. The zero-order valence-electron chi connectivity index (χ0n) is 11.2. The summed E-state index contributed by atoms with van der Waals surface area (Å²) in [5, 5.41) is 3.44. The minimum Gasteiger partial charge on any atom is -0.359 e. The lowest BCUT2D eigenvalue weighted by molar-refractivity contribution is -0.109. The third-order valence-electron chi connectivity index (χ3n) is 3.35. The molecule has 0 aromatic rings. The molecule has 1 saturated heterocycles. The van der Waals surface area contributed by atoms with E-state index in [0.717, 1.165) is 25.3 Å². The van der Waals surface area contributed by atoms with E-state index >= 15 is 0 Å². The average molecular weight is 258 g/mol. The summed E-state index contributed by atoms with van der Waals surface area (Å²) >= 11 is 2.02. The summed E-state index contributed by atoms with van der Waals surface area (Å²) in [6.07, 6.45) is 7.02. The van der Waals surface area contributed by atoms with Crippen molar-refractivity contribution in [3.8, 4) is 0 Å². The zero-order valence-corrected chi connectivity index (χ0v) is 12.0. The van der Waals surface area contributed by atoms with Crippen LogP contribution >= 0.6 is 11.9 Å². The number of carbonyl (C=O) groups is 1. The van der Waals surface area contributed by atoms with Gasteiger partial charge in [0.2, 0.25) is 6.41 Å². The molecule has 0 bridgehead atoms. The van der Waals surface area contributed by atoms with E-state index in [-0.39, 0.29) is 0 Å². The maximum atomic E-state index is 10.2. The lowest BCUT2D eigenvalue weighted by Crippen LogP contribution is -2.30. The fourth-order valence-corrected chi connectivity index (χ4v) is 3.58. The van der Waals surface area contributed by atoms with E-state index < -0.39 is 0 Å². The Hall–Kier alpha value is -0.220. The summed E-state index contributed by atoms with van der Waals surface area (Å²) in [6, 6.07) is 0. The van der Waals surface area contributed by atoms with Gasteiger partial charge in [0.1, 0.15) is 0 Å². The molecule has 0 spiro atoms. The van der Waals surface area contributed by atoms with Gasteiger partial charge in [-0.25, -0.2) is 0 Å². The van der Waals surface area contributed by atoms with Crippen molar-refractivity contribution >= 4 is 18.4 Å². The number of hydrogen-bond acceptors (Lipinski definition) is 3. The van der Waals surface area contributed by atoms with Gasteiger partial charge in [-0.1, -0.05) is 32.2 Å². The summed E-state index contributed by atoms with van der Waals surface area (Å²) < 4.78 is 2.53. The Morgan fingerprint density at radius 1 is 1.41 bits per heavy atom. The second-order valence-electron chi connectivity index (χ2n) is 4.99. The second-order valence-corrected chi connectivity index (χ2v) is 6.38. The van der Waals surface area contributed by atoms with Crippen molar-refractivity contribution in [2.75, 3.05) is 19.6 Å². The van der Waals surface area contributed by atoms with Crippen molar-refractivity contribution in [2.45, 2.75) is 51.2 Å². The highest BCUT2D eigenvalue weighted by molar-refractivity contribution is 7.97. The van der Waals surface area contributed by atoms with Gasteiger partial charge in [0.25, 0.3) is 0 Å². The third kappa shape index (κ3) is 6.32. The lowest BCUT2D eigenvalue weighted by atomic mass is 10.0. The molecular formula is C13H26N2OS. The molecule has 0 aromatic carbocycles. The Morgan fingerprint density at radius 2 is 2.12 bits per heavy atom. The van der Waals surface area contributed by atoms with Gasteiger partial charge in [-0.05, 0) is 31.6 Å². The fraction of sp³-hybridized carbons (Fsp3) is 0.923. The highest BCUT2D eigenvalue weighted by atomic mass is 32.2. The molecule has 4 heteroatoms. The zero-order chi connectivity index (χ0) is 12.5. The van der Waals surface area contributed by atoms with Crippen LogP contribution in [-0.4, -0.2) is 35.6 Å². The van der Waals surface area contributed by atoms with E-state index in [0.29, 0.717) is 5.25 Å². The number of amides is 1. The lowest BCUT2D eigenvalue weighted by Gasteiger charge is -2.32. The topological polar surface area (TPSA) is 32.3 Å². The predicted molar refractivity (Wildman–Crippen MR) is 74.9 cm³/mol. The minimum atomic E-state index is 0.667. The number of nitrogens with zero attached hydrogens (tertiary/aromatic N) is 1. The number of carbonyl (C=O) groups excluding carboxylic acids is 1. The largest absolute Gasteiger partial charge is 0.359 e. The molecule has 1 rings (SSSR count). The Labute approximate surface area is 110 Å². The van der Waals surface area contributed by atoms with Crippen LogP contribution in [0, 0.1) is 5.92 Å². The molecule has 1 unspecified atom stereocenters. The molecule has 1 aliphatic heterocycles. The van der Waals surface area contributed by atoms with E-state index in [1.54, 1.807) is 0 Å². The fourth-order valence-electron chi connectivity index (χ4n) is 2.18. The van der Waals surface area contributed by atoms with Crippen molar-refractivity contribution in [1.29, 1.82) is 0 Å². The quantitative estimate of drug-likeness (QED) is 0.413. The SMILES string of the molecule is CCCC(CCNC=O)SN1CCC(C)CC1. The summed E-state index contributed by atoms with van der Waals surface area (Å²) in [4.78, 5) is 10.2. The first kappa shape index (κ1) is 14.8. The van der Waals surface area contributed by atoms with Gasteiger partial charge < -0.3 is 5.32 Å². The number of nitrogens with one attached hydrogen (secondary N) is 1. The van der Waals surface area contributed by atoms with Gasteiger partial charge in [0, 0.05) is 24.9 Å². The van der Waals surface area contributed by atoms with E-state index in [4.69, 9.17) is 0 Å². The van der Waals surface area contributed by atoms with Crippen molar-refractivity contribution in [3.05, 3.63) is 0 Å². The van der Waals surface area contributed by atoms with E-state index in [9.17, 15) is 4.79 Å². The molecule has 0 saturated carbocycles. The van der Waals surface area contributed by atoms with E-state index in [2.05, 4.69) is 23.5 Å². The van der Waals surface area contributed by atoms with Crippen LogP contribution in [0.3, 0.4) is 0 Å². The van der Waals surface area contributed by atoms with Crippen molar-refractivity contribution in [1.82, 2.24) is 9.62 Å². The van der Waals surface area contributed by atoms with Gasteiger partial charge in [-0.15, -0.1) is 0 Å². The smallest absolute Gasteiger partial charge is 0.207 e. The van der Waals surface area contributed by atoms with Crippen molar-refractivity contribution < 1.29 is 4.79 Å². The van der Waals surface area contributed by atoms with Crippen LogP contribution in [0.4, 0.5) is 0 Å². The summed E-state index contributed by atoms with van der Waals surface area (Å²) in [5.41, 5.74) is 0. The van der Waals surface area contributed by atoms with Gasteiger partial charge in [0.05, 0.1) is 0 Å². The first-order valence-electron chi connectivity index (χ1n) is 6.85. The van der Waals surface area contributed by atoms with Crippen LogP contribution in [0.2, 0.25) is 0 Å². The molecule has 1 amide bonds. The summed E-state index contributed by atoms with van der Waals surface area (Å²) in [6.45, 7) is 7.85. The van der Waals surface area contributed by atoms with Crippen LogP contribution in [0.15, 0.2) is 0 Å². The minimum absolute atomic E-state index is 0.667. The first-order chi connectivity index (χ1) is 8.26. The molecule has 0 aliphatic carbocycles. The van der Waals surface area contributed by atoms with Gasteiger partial charge in [-0.2, -0.15) is 0 Å². The molecule has 0 radical (unpaired) electrons. The molecule has 1 N–H and O–H groups in total. The van der Waals surface area contributed by atoms with Gasteiger partial charge >= 0.3 is 0 Å². The van der Waals surface area contributed by atoms with Crippen LogP contribution in [-0.2, 0) is 4.79 Å². The molecule has 3 nitrogen and oxygen atoms in total. The van der Waals surface area contributed by atoms with Crippen molar-refractivity contribution in [2.24, 2.45) is 5.92 Å². The number of rotatable bonds is 8. The maximum absolute atomic E-state index is 10.2. The highest BCUT2D eigenvalue weighted by Gasteiger charge is 2.19. The molecule has 0 aromatic heterocycles. The predicted octanol–water partition coefficient (Wildman–Crippen LogP) is 2.67. The Kier molecular flexibility index (Phi) is 7.69. The molecule has 1 heterocycles. The van der Waals surface area contributed by atoms with Crippen LogP contribution in [0.1, 0.15) is 46.0 Å². The van der Waals surface area contributed by atoms with E-state index in [1.165, 1.54) is 38.8 Å². The average Bonchev–Trinajstić information content (AvgIpc) is 2.32. The number of piperidine rings is 1. The van der Waals surface area contributed by atoms with Gasteiger partial charge in [-0.3, -0.25) is 9.10 Å². The number of hydrogen-bond donors (Lipinski definition) is 1. The molecule has 17 heavy (non-hydrogen) atoms. The van der Waals surface area contributed by atoms with Crippen LogP contribution in [0.25, 0.3) is 0 Å².